The molecule has 0 spiro atoms. The van der Waals surface area contributed by atoms with Crippen LogP contribution >= 0.6 is 0 Å². The SMILES string of the molecule is COc1ccc(-c2ccc(-c3nc(C)c(C(=O)O)[se]3)c(OC)c2C#N)cc1OC. The van der Waals surface area contributed by atoms with E-state index in [2.05, 4.69) is 11.1 Å². The van der Waals surface area contributed by atoms with Gasteiger partial charge in [-0.3, -0.25) is 0 Å². The van der Waals surface area contributed by atoms with Crippen molar-refractivity contribution >= 4 is 20.5 Å². The van der Waals surface area contributed by atoms with Gasteiger partial charge in [0.1, 0.15) is 0 Å². The van der Waals surface area contributed by atoms with Crippen molar-refractivity contribution in [1.82, 2.24) is 4.98 Å². The van der Waals surface area contributed by atoms with Gasteiger partial charge in [-0.1, -0.05) is 0 Å². The van der Waals surface area contributed by atoms with E-state index in [9.17, 15) is 15.2 Å². The minimum absolute atomic E-state index is 0.303. The molecule has 2 aromatic carbocycles. The van der Waals surface area contributed by atoms with Gasteiger partial charge in [0.15, 0.2) is 0 Å². The van der Waals surface area contributed by atoms with Crippen molar-refractivity contribution in [2.24, 2.45) is 0 Å². The molecule has 0 saturated heterocycles. The van der Waals surface area contributed by atoms with Gasteiger partial charge in [0.25, 0.3) is 0 Å². The number of rotatable bonds is 6. The molecule has 0 atom stereocenters. The number of nitriles is 1. The third-order valence-electron chi connectivity index (χ3n) is 4.39. The molecule has 3 rings (SSSR count). The number of ether oxygens (including phenoxy) is 3. The first-order chi connectivity index (χ1) is 13.9. The molecule has 0 amide bonds. The van der Waals surface area contributed by atoms with E-state index in [-0.39, 0.29) is 0 Å². The van der Waals surface area contributed by atoms with Gasteiger partial charge < -0.3 is 0 Å². The Bertz CT molecular complexity index is 1130. The van der Waals surface area contributed by atoms with Gasteiger partial charge in [-0.05, 0) is 0 Å². The summed E-state index contributed by atoms with van der Waals surface area (Å²) in [6.45, 7) is 1.67. The zero-order valence-electron chi connectivity index (χ0n) is 16.3. The molecular formula is C21H18N2O5Se. The normalized spacial score (nSPS) is 10.3. The molecule has 0 saturated carbocycles. The Morgan fingerprint density at radius 3 is 2.31 bits per heavy atom. The number of aromatic carboxylic acids is 1. The van der Waals surface area contributed by atoms with Gasteiger partial charge in [0.05, 0.1) is 0 Å². The summed E-state index contributed by atoms with van der Waals surface area (Å²) in [5.74, 6) is 0.540. The Labute approximate surface area is 173 Å². The minimum atomic E-state index is -0.970. The second kappa shape index (κ2) is 8.39. The summed E-state index contributed by atoms with van der Waals surface area (Å²) in [7, 11) is 4.59. The van der Waals surface area contributed by atoms with Crippen LogP contribution in [0, 0.1) is 18.3 Å². The maximum absolute atomic E-state index is 11.4. The van der Waals surface area contributed by atoms with Crippen molar-refractivity contribution in [2.45, 2.75) is 6.92 Å². The maximum atomic E-state index is 11.4. The van der Waals surface area contributed by atoms with E-state index in [1.165, 1.54) is 7.11 Å². The van der Waals surface area contributed by atoms with E-state index in [0.29, 0.717) is 48.6 Å². The Balaban J connectivity index is 2.20. The van der Waals surface area contributed by atoms with Crippen LogP contribution in [0.4, 0.5) is 0 Å². The molecule has 0 fully saturated rings. The molecule has 8 heteroatoms. The third kappa shape index (κ3) is 3.70. The van der Waals surface area contributed by atoms with Crippen molar-refractivity contribution in [2.75, 3.05) is 21.3 Å². The Kier molecular flexibility index (Phi) is 5.92. The van der Waals surface area contributed by atoms with Crippen molar-refractivity contribution in [3.8, 4) is 44.6 Å². The third-order valence-corrected chi connectivity index (χ3v) is 6.86. The number of carboxylic acids is 1. The van der Waals surface area contributed by atoms with Crippen LogP contribution in [0.25, 0.3) is 21.3 Å². The summed E-state index contributed by atoms with van der Waals surface area (Å²) in [6, 6.07) is 11.2. The number of methoxy groups -OCH3 is 3. The fourth-order valence-electron chi connectivity index (χ4n) is 3.03. The fourth-order valence-corrected chi connectivity index (χ4v) is 4.97. The van der Waals surface area contributed by atoms with Crippen LogP contribution in [0.1, 0.15) is 20.5 Å². The first-order valence-corrected chi connectivity index (χ1v) is 10.2. The Morgan fingerprint density at radius 2 is 1.76 bits per heavy atom. The quantitative estimate of drug-likeness (QED) is 0.567. The number of benzene rings is 2. The van der Waals surface area contributed by atoms with Crippen LogP contribution < -0.4 is 14.2 Å². The Morgan fingerprint density at radius 1 is 1.07 bits per heavy atom. The van der Waals surface area contributed by atoms with Crippen LogP contribution in [0.3, 0.4) is 0 Å². The van der Waals surface area contributed by atoms with Crippen molar-refractivity contribution in [3.05, 3.63) is 46.0 Å². The molecule has 7 nitrogen and oxygen atoms in total. The van der Waals surface area contributed by atoms with Gasteiger partial charge >= 0.3 is 174 Å². The molecule has 0 bridgehead atoms. The molecule has 1 heterocycles. The summed E-state index contributed by atoms with van der Waals surface area (Å²) in [5, 5.41) is 19.2. The second-order valence-corrected chi connectivity index (χ2v) is 8.09. The number of hydrogen-bond acceptors (Lipinski definition) is 6. The Hall–Kier alpha value is -3.27. The average Bonchev–Trinajstić information content (AvgIpc) is 3.13. The molecule has 1 N–H and O–H groups in total. The van der Waals surface area contributed by atoms with Gasteiger partial charge in [-0.15, -0.1) is 0 Å². The zero-order valence-corrected chi connectivity index (χ0v) is 18.0. The number of aryl methyl sites for hydroxylation is 1. The number of nitrogens with zero attached hydrogens (tertiary/aromatic N) is 2. The number of carbonyl (C=O) groups is 1. The van der Waals surface area contributed by atoms with E-state index >= 15 is 0 Å². The fraction of sp³-hybridized carbons (Fsp3) is 0.190. The van der Waals surface area contributed by atoms with Gasteiger partial charge in [0, 0.05) is 0 Å². The molecule has 0 aliphatic heterocycles. The molecule has 29 heavy (non-hydrogen) atoms. The second-order valence-electron chi connectivity index (χ2n) is 5.99. The summed E-state index contributed by atoms with van der Waals surface area (Å²) < 4.78 is 17.1. The first kappa shape index (κ1) is 20.5. The molecule has 0 aliphatic rings. The van der Waals surface area contributed by atoms with Crippen LogP contribution in [-0.4, -0.2) is 51.9 Å². The van der Waals surface area contributed by atoms with Crippen molar-refractivity contribution in [3.63, 3.8) is 0 Å². The molecule has 0 unspecified atom stereocenters. The summed E-state index contributed by atoms with van der Waals surface area (Å²) in [4.78, 5) is 15.8. The topological polar surface area (TPSA) is 102 Å². The molecule has 3 aromatic rings. The van der Waals surface area contributed by atoms with Crippen LogP contribution in [-0.2, 0) is 0 Å². The monoisotopic (exact) mass is 458 g/mol. The molecule has 0 radical (unpaired) electrons. The van der Waals surface area contributed by atoms with Crippen molar-refractivity contribution in [1.29, 1.82) is 5.26 Å². The van der Waals surface area contributed by atoms with Crippen LogP contribution in [0.2, 0.25) is 0 Å². The standard InChI is InChI=1S/C21H18N2O5Se/c1-11-19(21(24)25)29-20(23-11)14-7-6-13(15(10-22)18(14)28-4)12-5-8-16(26-2)17(9-12)27-3/h5-9H,1-4H3,(H,24,25). The van der Waals surface area contributed by atoms with Crippen molar-refractivity contribution < 1.29 is 24.1 Å². The number of carboxylic acid groups (broad SMARTS) is 1. The van der Waals surface area contributed by atoms with E-state index in [4.69, 9.17) is 14.2 Å². The zero-order chi connectivity index (χ0) is 21.1. The molecular weight excluding hydrogens is 439 g/mol. The summed E-state index contributed by atoms with van der Waals surface area (Å²) in [5.41, 5.74) is 2.89. The van der Waals surface area contributed by atoms with E-state index in [0.717, 1.165) is 5.56 Å². The summed E-state index contributed by atoms with van der Waals surface area (Å²) >= 11 is -0.471. The predicted molar refractivity (Wildman–Crippen MR) is 108 cm³/mol. The summed E-state index contributed by atoms with van der Waals surface area (Å²) in [6.07, 6.45) is 0. The molecule has 0 aliphatic carbocycles. The van der Waals surface area contributed by atoms with Gasteiger partial charge in [-0.25, -0.2) is 0 Å². The van der Waals surface area contributed by atoms with E-state index in [1.54, 1.807) is 33.3 Å². The van der Waals surface area contributed by atoms with Gasteiger partial charge in [-0.2, -0.15) is 0 Å². The molecule has 1 aromatic heterocycles. The van der Waals surface area contributed by atoms with Gasteiger partial charge in [0.2, 0.25) is 0 Å². The van der Waals surface area contributed by atoms with Crippen LogP contribution in [0.5, 0.6) is 17.2 Å². The van der Waals surface area contributed by atoms with Crippen LogP contribution in [0.15, 0.2) is 30.3 Å². The predicted octanol–water partition coefficient (Wildman–Crippen LogP) is 3.38. The molecule has 148 valence electrons. The first-order valence-electron chi connectivity index (χ1n) is 8.49. The average molecular weight is 457 g/mol. The number of aromatic nitrogens is 1. The number of hydrogen-bond donors (Lipinski definition) is 1. The van der Waals surface area contributed by atoms with E-state index in [1.807, 2.05) is 18.2 Å². The van der Waals surface area contributed by atoms with E-state index < -0.39 is 20.5 Å².